The van der Waals surface area contributed by atoms with E-state index in [4.69, 9.17) is 11.6 Å². The lowest BCUT2D eigenvalue weighted by molar-refractivity contribution is -0.124. The quantitative estimate of drug-likeness (QED) is 0.377. The second kappa shape index (κ2) is 11.3. The summed E-state index contributed by atoms with van der Waals surface area (Å²) in [6.07, 6.45) is 7.84. The summed E-state index contributed by atoms with van der Waals surface area (Å²) < 4.78 is 0. The van der Waals surface area contributed by atoms with Crippen LogP contribution in [-0.2, 0) is 9.59 Å². The van der Waals surface area contributed by atoms with Gasteiger partial charge in [-0.2, -0.15) is 0 Å². The third-order valence-electron chi connectivity index (χ3n) is 4.52. The first-order chi connectivity index (χ1) is 12.8. The first-order valence-electron chi connectivity index (χ1n) is 9.09. The third kappa shape index (κ3) is 6.99. The van der Waals surface area contributed by atoms with Gasteiger partial charge in [0.25, 0.3) is 0 Å². The number of amides is 1. The summed E-state index contributed by atoms with van der Waals surface area (Å²) in [5, 5.41) is 3.99. The molecule has 5 N–H and O–H groups in total. The standard InChI is InChI=1S/C12H18N4O.C7H14N2O/c1-9(2)12(8-17)16(14)7-11(13)10-4-3-5-15-6-10;1-8-7(10)6-4-3-5-9(6)2/h3-9,12H,13-14H2,1-2H3;6H,3-5H2,1-2H3,(H,8,10)/b11-7-;. The van der Waals surface area contributed by atoms with Gasteiger partial charge >= 0.3 is 0 Å². The highest BCUT2D eigenvalue weighted by Crippen LogP contribution is 2.14. The number of aromatic nitrogens is 1. The largest absolute Gasteiger partial charge is 0.397 e. The molecule has 1 fully saturated rings. The lowest BCUT2D eigenvalue weighted by atomic mass is 10.1. The topological polar surface area (TPSA) is 118 Å². The lowest BCUT2D eigenvalue weighted by Gasteiger charge is -2.24. The summed E-state index contributed by atoms with van der Waals surface area (Å²) in [4.78, 5) is 28.0. The number of rotatable bonds is 6. The SMILES string of the molecule is CC(C)C(C=O)N(N)/C=C(\N)c1cccnc1.CNC(=O)C1CCCN1C. The van der Waals surface area contributed by atoms with Crippen LogP contribution in [0.15, 0.2) is 30.7 Å². The van der Waals surface area contributed by atoms with E-state index in [2.05, 4.69) is 15.2 Å². The number of hydrogen-bond acceptors (Lipinski definition) is 7. The van der Waals surface area contributed by atoms with Crippen LogP contribution in [0.1, 0.15) is 32.3 Å². The number of hydrazine groups is 1. The molecular weight excluding hydrogens is 344 g/mol. The van der Waals surface area contributed by atoms with Gasteiger partial charge in [-0.1, -0.05) is 13.8 Å². The predicted octanol–water partition coefficient (Wildman–Crippen LogP) is 0.565. The molecule has 0 aliphatic carbocycles. The van der Waals surface area contributed by atoms with E-state index in [0.717, 1.165) is 31.2 Å². The maximum absolute atomic E-state index is 11.1. The molecule has 0 bridgehead atoms. The number of nitrogens with two attached hydrogens (primary N) is 2. The van der Waals surface area contributed by atoms with Gasteiger partial charge in [0.2, 0.25) is 5.91 Å². The van der Waals surface area contributed by atoms with Crippen LogP contribution < -0.4 is 16.9 Å². The van der Waals surface area contributed by atoms with Crippen molar-refractivity contribution in [3.63, 3.8) is 0 Å². The monoisotopic (exact) mass is 376 g/mol. The molecular formula is C19H32N6O2. The van der Waals surface area contributed by atoms with E-state index in [-0.39, 0.29) is 23.9 Å². The molecule has 1 saturated heterocycles. The van der Waals surface area contributed by atoms with E-state index in [1.165, 1.54) is 5.01 Å². The molecule has 27 heavy (non-hydrogen) atoms. The minimum Gasteiger partial charge on any atom is -0.397 e. The molecule has 8 heteroatoms. The van der Waals surface area contributed by atoms with Crippen molar-refractivity contribution in [1.82, 2.24) is 20.2 Å². The first-order valence-corrected chi connectivity index (χ1v) is 9.09. The Bertz CT molecular complexity index is 620. The minimum absolute atomic E-state index is 0.121. The molecule has 2 unspecified atom stereocenters. The molecule has 2 rings (SSSR count). The lowest BCUT2D eigenvalue weighted by Crippen LogP contribution is -2.41. The zero-order chi connectivity index (χ0) is 20.4. The van der Waals surface area contributed by atoms with Gasteiger partial charge in [-0.15, -0.1) is 0 Å². The summed E-state index contributed by atoms with van der Waals surface area (Å²) in [7, 11) is 3.68. The Balaban J connectivity index is 0.000000309. The van der Waals surface area contributed by atoms with Crippen molar-refractivity contribution in [1.29, 1.82) is 0 Å². The third-order valence-corrected chi connectivity index (χ3v) is 4.52. The zero-order valence-corrected chi connectivity index (χ0v) is 16.6. The maximum atomic E-state index is 11.1. The molecule has 1 aliphatic heterocycles. The van der Waals surface area contributed by atoms with Crippen molar-refractivity contribution in [2.45, 2.75) is 38.8 Å². The number of nitrogens with one attached hydrogen (secondary N) is 1. The van der Waals surface area contributed by atoms with E-state index in [0.29, 0.717) is 5.70 Å². The molecule has 1 aromatic rings. The van der Waals surface area contributed by atoms with Crippen LogP contribution in [0.3, 0.4) is 0 Å². The van der Waals surface area contributed by atoms with Crippen LogP contribution in [0, 0.1) is 5.92 Å². The summed E-state index contributed by atoms with van der Waals surface area (Å²) in [5.41, 5.74) is 7.13. The van der Waals surface area contributed by atoms with Crippen molar-refractivity contribution in [2.24, 2.45) is 17.5 Å². The average molecular weight is 377 g/mol. The second-order valence-electron chi connectivity index (χ2n) is 6.90. The predicted molar refractivity (Wildman–Crippen MR) is 107 cm³/mol. The molecule has 1 amide bonds. The zero-order valence-electron chi connectivity index (χ0n) is 16.6. The van der Waals surface area contributed by atoms with Crippen molar-refractivity contribution in [2.75, 3.05) is 20.6 Å². The van der Waals surface area contributed by atoms with E-state index >= 15 is 0 Å². The van der Waals surface area contributed by atoms with Crippen molar-refractivity contribution in [3.05, 3.63) is 36.3 Å². The number of aldehydes is 1. The molecule has 1 aromatic heterocycles. The van der Waals surface area contributed by atoms with Gasteiger partial charge in [-0.05, 0) is 44.5 Å². The second-order valence-corrected chi connectivity index (χ2v) is 6.90. The number of likely N-dealkylation sites (N-methyl/N-ethyl adjacent to an activating group) is 2. The Morgan fingerprint density at radius 1 is 1.48 bits per heavy atom. The molecule has 1 aliphatic rings. The van der Waals surface area contributed by atoms with Gasteiger partial charge in [0.05, 0.1) is 11.7 Å². The Hall–Kier alpha value is -2.45. The average Bonchev–Trinajstić information content (AvgIpc) is 3.08. The molecule has 8 nitrogen and oxygen atoms in total. The van der Waals surface area contributed by atoms with Crippen LogP contribution in [0.4, 0.5) is 0 Å². The van der Waals surface area contributed by atoms with Crippen LogP contribution in [-0.4, -0.2) is 59.8 Å². The van der Waals surface area contributed by atoms with Crippen molar-refractivity contribution < 1.29 is 9.59 Å². The Morgan fingerprint density at radius 2 is 2.19 bits per heavy atom. The Kier molecular flexibility index (Phi) is 9.46. The number of hydrogen-bond donors (Lipinski definition) is 3. The summed E-state index contributed by atoms with van der Waals surface area (Å²) in [5.74, 6) is 6.07. The summed E-state index contributed by atoms with van der Waals surface area (Å²) in [6.45, 7) is 4.90. The van der Waals surface area contributed by atoms with Gasteiger partial charge in [-0.25, -0.2) is 5.84 Å². The van der Waals surface area contributed by atoms with E-state index in [1.807, 2.05) is 27.0 Å². The Labute approximate surface area is 161 Å². The number of carbonyl (C=O) groups excluding carboxylic acids is 2. The van der Waals surface area contributed by atoms with Crippen LogP contribution in [0.5, 0.6) is 0 Å². The maximum Gasteiger partial charge on any atom is 0.237 e. The van der Waals surface area contributed by atoms with Gasteiger partial charge in [0.1, 0.15) is 12.3 Å². The summed E-state index contributed by atoms with van der Waals surface area (Å²) >= 11 is 0. The fraction of sp³-hybridized carbons (Fsp3) is 0.526. The number of likely N-dealkylation sites (tertiary alicyclic amines) is 1. The van der Waals surface area contributed by atoms with Gasteiger partial charge in [-0.3, -0.25) is 14.7 Å². The van der Waals surface area contributed by atoms with Crippen molar-refractivity contribution in [3.8, 4) is 0 Å². The van der Waals surface area contributed by atoms with Crippen LogP contribution in [0.25, 0.3) is 5.70 Å². The van der Waals surface area contributed by atoms with E-state index < -0.39 is 0 Å². The molecule has 0 aromatic carbocycles. The molecule has 2 atom stereocenters. The fourth-order valence-electron chi connectivity index (χ4n) is 2.83. The highest BCUT2D eigenvalue weighted by Gasteiger charge is 2.26. The number of pyridine rings is 1. The van der Waals surface area contributed by atoms with Gasteiger partial charge < -0.3 is 20.9 Å². The highest BCUT2D eigenvalue weighted by molar-refractivity contribution is 5.81. The van der Waals surface area contributed by atoms with Crippen LogP contribution in [0.2, 0.25) is 0 Å². The molecule has 0 saturated carbocycles. The fourth-order valence-corrected chi connectivity index (χ4v) is 2.83. The van der Waals surface area contributed by atoms with E-state index in [1.54, 1.807) is 31.7 Å². The van der Waals surface area contributed by atoms with Crippen LogP contribution >= 0.6 is 0 Å². The molecule has 150 valence electrons. The normalized spacial score (nSPS) is 18.4. The van der Waals surface area contributed by atoms with Gasteiger partial charge in [0.15, 0.2) is 0 Å². The van der Waals surface area contributed by atoms with E-state index in [9.17, 15) is 9.59 Å². The smallest absolute Gasteiger partial charge is 0.237 e. The number of carbonyl (C=O) groups is 2. The Morgan fingerprint density at radius 3 is 2.63 bits per heavy atom. The molecule has 2 heterocycles. The number of nitrogens with zero attached hydrogens (tertiary/aromatic N) is 3. The van der Waals surface area contributed by atoms with Crippen molar-refractivity contribution >= 4 is 17.9 Å². The molecule has 0 radical (unpaired) electrons. The summed E-state index contributed by atoms with van der Waals surface area (Å²) in [6, 6.07) is 3.37. The van der Waals surface area contributed by atoms with Gasteiger partial charge in [0, 0.05) is 31.2 Å². The first kappa shape index (κ1) is 22.6. The molecule has 0 spiro atoms. The highest BCUT2D eigenvalue weighted by atomic mass is 16.2. The minimum atomic E-state index is -0.384.